The number of hydrogen-bond donors (Lipinski definition) is 1. The lowest BCUT2D eigenvalue weighted by molar-refractivity contribution is -0.144. The fraction of sp³-hybridized carbons (Fsp3) is 0.923. The summed E-state index contributed by atoms with van der Waals surface area (Å²) in [4.78, 5) is 11.5. The second-order valence-electron chi connectivity index (χ2n) is 6.10. The van der Waals surface area contributed by atoms with Gasteiger partial charge in [-0.2, -0.15) is 0 Å². The summed E-state index contributed by atoms with van der Waals surface area (Å²) in [5, 5.41) is 9.05. The van der Waals surface area contributed by atoms with Gasteiger partial charge in [-0.3, -0.25) is 4.79 Å². The third-order valence-corrected chi connectivity index (χ3v) is 5.44. The predicted molar refractivity (Wildman–Crippen MR) is 58.6 cm³/mol. The Bertz CT molecular complexity index is 327. The van der Waals surface area contributed by atoms with Gasteiger partial charge in [0, 0.05) is 12.5 Å². The van der Waals surface area contributed by atoms with Crippen LogP contribution in [-0.2, 0) is 9.53 Å². The molecule has 3 fully saturated rings. The molecule has 0 aromatic carbocycles. The molecule has 3 heteroatoms. The zero-order valence-electron chi connectivity index (χ0n) is 9.98. The van der Waals surface area contributed by atoms with Crippen molar-refractivity contribution in [1.29, 1.82) is 0 Å². The smallest absolute Gasteiger partial charge is 0.309 e. The Labute approximate surface area is 96.2 Å². The molecule has 2 saturated carbocycles. The molecule has 0 amide bonds. The second kappa shape index (κ2) is 3.22. The molecule has 0 aromatic heterocycles. The molecular formula is C13H20O3. The first-order chi connectivity index (χ1) is 7.58. The maximum absolute atomic E-state index is 11.5. The van der Waals surface area contributed by atoms with Crippen molar-refractivity contribution in [1.82, 2.24) is 0 Å². The van der Waals surface area contributed by atoms with Crippen LogP contribution in [0, 0.1) is 29.1 Å². The molecule has 1 N–H and O–H groups in total. The Balaban J connectivity index is 1.75. The molecule has 0 spiro atoms. The Kier molecular flexibility index (Phi) is 2.13. The van der Waals surface area contributed by atoms with Gasteiger partial charge in [0.1, 0.15) is 6.10 Å². The number of hydrogen-bond acceptors (Lipinski definition) is 3. The standard InChI is InChI=1S/C13H20O3/c1-7-8-5-10-9(3-4-14)13(10,2)6-11(8)16-12(7)15/h7-11,14H,3-6H2,1-2H3. The first kappa shape index (κ1) is 10.6. The van der Waals surface area contributed by atoms with Crippen molar-refractivity contribution >= 4 is 5.97 Å². The highest BCUT2D eigenvalue weighted by Crippen LogP contribution is 2.69. The average Bonchev–Trinajstić information content (AvgIpc) is 2.70. The summed E-state index contributed by atoms with van der Waals surface area (Å²) >= 11 is 0. The van der Waals surface area contributed by atoms with E-state index >= 15 is 0 Å². The molecule has 1 aliphatic heterocycles. The minimum Gasteiger partial charge on any atom is -0.462 e. The summed E-state index contributed by atoms with van der Waals surface area (Å²) in [6, 6.07) is 0. The number of aliphatic hydroxyl groups is 1. The van der Waals surface area contributed by atoms with Crippen molar-refractivity contribution in [2.24, 2.45) is 29.1 Å². The second-order valence-corrected chi connectivity index (χ2v) is 6.10. The molecule has 90 valence electrons. The molecule has 1 saturated heterocycles. The number of ether oxygens (including phenoxy) is 1. The van der Waals surface area contributed by atoms with Crippen LogP contribution < -0.4 is 0 Å². The van der Waals surface area contributed by atoms with E-state index < -0.39 is 0 Å². The maximum Gasteiger partial charge on any atom is 0.309 e. The highest BCUT2D eigenvalue weighted by atomic mass is 16.6. The first-order valence-electron chi connectivity index (χ1n) is 6.39. The summed E-state index contributed by atoms with van der Waals surface area (Å²) in [6.07, 6.45) is 3.22. The largest absolute Gasteiger partial charge is 0.462 e. The van der Waals surface area contributed by atoms with E-state index in [1.165, 1.54) is 0 Å². The van der Waals surface area contributed by atoms with Crippen LogP contribution in [0.2, 0.25) is 0 Å². The van der Waals surface area contributed by atoms with Crippen LogP contribution in [0.1, 0.15) is 33.1 Å². The van der Waals surface area contributed by atoms with E-state index in [9.17, 15) is 4.79 Å². The van der Waals surface area contributed by atoms with Crippen molar-refractivity contribution in [2.45, 2.75) is 39.2 Å². The topological polar surface area (TPSA) is 46.5 Å². The van der Waals surface area contributed by atoms with Gasteiger partial charge < -0.3 is 9.84 Å². The van der Waals surface area contributed by atoms with Crippen LogP contribution >= 0.6 is 0 Å². The molecule has 0 aromatic rings. The Morgan fingerprint density at radius 3 is 3.00 bits per heavy atom. The molecule has 16 heavy (non-hydrogen) atoms. The van der Waals surface area contributed by atoms with E-state index in [0.29, 0.717) is 23.9 Å². The molecule has 0 bridgehead atoms. The van der Waals surface area contributed by atoms with Crippen LogP contribution in [0.25, 0.3) is 0 Å². The van der Waals surface area contributed by atoms with Crippen molar-refractivity contribution in [3.05, 3.63) is 0 Å². The summed E-state index contributed by atoms with van der Waals surface area (Å²) in [5.41, 5.74) is 0.342. The maximum atomic E-state index is 11.5. The van der Waals surface area contributed by atoms with Crippen LogP contribution in [0.4, 0.5) is 0 Å². The van der Waals surface area contributed by atoms with Gasteiger partial charge in [0.05, 0.1) is 5.92 Å². The number of rotatable bonds is 2. The van der Waals surface area contributed by atoms with Gasteiger partial charge in [0.25, 0.3) is 0 Å². The normalized spacial score (nSPS) is 54.2. The zero-order valence-corrected chi connectivity index (χ0v) is 9.98. The molecule has 3 nitrogen and oxygen atoms in total. The lowest BCUT2D eigenvalue weighted by Crippen LogP contribution is -2.28. The van der Waals surface area contributed by atoms with Crippen molar-refractivity contribution in [3.63, 3.8) is 0 Å². The predicted octanol–water partition coefficient (Wildman–Crippen LogP) is 1.59. The van der Waals surface area contributed by atoms with Crippen LogP contribution in [0.15, 0.2) is 0 Å². The number of fused-ring (bicyclic) bond motifs is 2. The van der Waals surface area contributed by atoms with Gasteiger partial charge in [-0.15, -0.1) is 0 Å². The number of carbonyl (C=O) groups is 1. The lowest BCUT2D eigenvalue weighted by Gasteiger charge is -2.28. The molecular weight excluding hydrogens is 204 g/mol. The third-order valence-electron chi connectivity index (χ3n) is 5.44. The van der Waals surface area contributed by atoms with Gasteiger partial charge >= 0.3 is 5.97 Å². The monoisotopic (exact) mass is 224 g/mol. The highest BCUT2D eigenvalue weighted by Gasteiger charge is 2.66. The SMILES string of the molecule is CC1C(=O)OC2CC3(C)C(CCO)C3CC21. The quantitative estimate of drug-likeness (QED) is 0.725. The molecule has 2 aliphatic carbocycles. The van der Waals surface area contributed by atoms with Crippen LogP contribution in [-0.4, -0.2) is 23.8 Å². The van der Waals surface area contributed by atoms with E-state index in [0.717, 1.165) is 25.2 Å². The minimum absolute atomic E-state index is 0.00129. The van der Waals surface area contributed by atoms with Gasteiger partial charge in [-0.25, -0.2) is 0 Å². The van der Waals surface area contributed by atoms with Crippen molar-refractivity contribution < 1.29 is 14.6 Å². The van der Waals surface area contributed by atoms with Gasteiger partial charge in [0.2, 0.25) is 0 Å². The molecule has 6 atom stereocenters. The first-order valence-corrected chi connectivity index (χ1v) is 6.39. The summed E-state index contributed by atoms with van der Waals surface area (Å²) in [6.45, 7) is 4.59. The van der Waals surface area contributed by atoms with E-state index in [-0.39, 0.29) is 18.0 Å². The van der Waals surface area contributed by atoms with Crippen LogP contribution in [0.5, 0.6) is 0 Å². The molecule has 1 heterocycles. The minimum atomic E-state index is -0.00129. The molecule has 3 rings (SSSR count). The highest BCUT2D eigenvalue weighted by molar-refractivity contribution is 5.75. The van der Waals surface area contributed by atoms with E-state index in [1.807, 2.05) is 6.92 Å². The fourth-order valence-electron chi connectivity index (χ4n) is 4.29. The van der Waals surface area contributed by atoms with Crippen LogP contribution in [0.3, 0.4) is 0 Å². The number of esters is 1. The summed E-state index contributed by atoms with van der Waals surface area (Å²) in [5.74, 6) is 1.91. The zero-order chi connectivity index (χ0) is 11.5. The molecule has 0 radical (unpaired) electrons. The van der Waals surface area contributed by atoms with Gasteiger partial charge in [-0.1, -0.05) is 13.8 Å². The Hall–Kier alpha value is -0.570. The van der Waals surface area contributed by atoms with E-state index in [4.69, 9.17) is 9.84 Å². The van der Waals surface area contributed by atoms with Crippen molar-refractivity contribution in [2.75, 3.05) is 6.61 Å². The summed E-state index contributed by atoms with van der Waals surface area (Å²) in [7, 11) is 0. The average molecular weight is 224 g/mol. The number of aliphatic hydroxyl groups excluding tert-OH is 1. The van der Waals surface area contributed by atoms with E-state index in [1.54, 1.807) is 0 Å². The van der Waals surface area contributed by atoms with Gasteiger partial charge in [-0.05, 0) is 36.5 Å². The van der Waals surface area contributed by atoms with E-state index in [2.05, 4.69) is 6.92 Å². The van der Waals surface area contributed by atoms with Gasteiger partial charge in [0.15, 0.2) is 0 Å². The third kappa shape index (κ3) is 1.21. The molecule has 6 unspecified atom stereocenters. The Morgan fingerprint density at radius 2 is 2.31 bits per heavy atom. The number of carbonyl (C=O) groups excluding carboxylic acids is 1. The van der Waals surface area contributed by atoms with Crippen molar-refractivity contribution in [3.8, 4) is 0 Å². The Morgan fingerprint density at radius 1 is 1.56 bits per heavy atom. The fourth-order valence-corrected chi connectivity index (χ4v) is 4.29. The summed E-state index contributed by atoms with van der Waals surface area (Å²) < 4.78 is 5.46. The lowest BCUT2D eigenvalue weighted by atomic mass is 9.77. The molecule has 3 aliphatic rings.